The number of hydrogen-bond donors (Lipinski definition) is 1. The summed E-state index contributed by atoms with van der Waals surface area (Å²) < 4.78 is 0. The predicted molar refractivity (Wildman–Crippen MR) is 98.2 cm³/mol. The van der Waals surface area contributed by atoms with Crippen molar-refractivity contribution in [2.24, 2.45) is 0 Å². The predicted octanol–water partition coefficient (Wildman–Crippen LogP) is 4.25. The minimum Gasteiger partial charge on any atom is -0.325 e. The highest BCUT2D eigenvalue weighted by atomic mass is 32.2. The molecule has 0 saturated carbocycles. The third-order valence-electron chi connectivity index (χ3n) is 3.63. The molecule has 0 radical (unpaired) electrons. The van der Waals surface area contributed by atoms with Crippen molar-refractivity contribution in [3.63, 3.8) is 0 Å². The number of nitriles is 1. The second-order valence-corrected chi connectivity index (χ2v) is 6.58. The first-order valence-electron chi connectivity index (χ1n) is 7.94. The fraction of sp³-hybridized carbons (Fsp3) is 0.316. The second-order valence-electron chi connectivity index (χ2n) is 5.62. The fourth-order valence-corrected chi connectivity index (χ4v) is 3.18. The van der Waals surface area contributed by atoms with Crippen molar-refractivity contribution >= 4 is 23.4 Å². The van der Waals surface area contributed by atoms with Crippen LogP contribution in [0.4, 0.5) is 5.69 Å². The van der Waals surface area contributed by atoms with Crippen LogP contribution in [0, 0.1) is 25.2 Å². The van der Waals surface area contributed by atoms with Crippen molar-refractivity contribution in [2.45, 2.75) is 38.6 Å². The number of thioether (sulfide) groups is 1. The highest BCUT2D eigenvalue weighted by Crippen LogP contribution is 2.23. The standard InChI is InChI=1S/C19H21N3OS/c1-4-6-16-10-9-15(11-20)19(21-16)24-12-17(23)22-18-13(2)7-5-8-14(18)3/h5,7-10H,4,6,12H2,1-3H3,(H,22,23). The molecule has 1 amide bonds. The van der Waals surface area contributed by atoms with Gasteiger partial charge in [-0.25, -0.2) is 4.98 Å². The minimum absolute atomic E-state index is 0.0935. The summed E-state index contributed by atoms with van der Waals surface area (Å²) in [4.78, 5) is 16.8. The lowest BCUT2D eigenvalue weighted by molar-refractivity contribution is -0.113. The molecule has 2 aromatic rings. The Bertz CT molecular complexity index is 760. The molecule has 0 saturated heterocycles. The Morgan fingerprint density at radius 1 is 1.25 bits per heavy atom. The van der Waals surface area contributed by atoms with Crippen LogP contribution in [0.3, 0.4) is 0 Å². The van der Waals surface area contributed by atoms with Crippen LogP contribution in [0.1, 0.15) is 35.7 Å². The average molecular weight is 339 g/mol. The van der Waals surface area contributed by atoms with Crippen LogP contribution < -0.4 is 5.32 Å². The topological polar surface area (TPSA) is 65.8 Å². The molecule has 124 valence electrons. The van der Waals surface area contributed by atoms with Crippen molar-refractivity contribution in [1.29, 1.82) is 5.26 Å². The quantitative estimate of drug-likeness (QED) is 0.799. The lowest BCUT2D eigenvalue weighted by atomic mass is 10.1. The number of benzene rings is 1. The molecule has 0 atom stereocenters. The zero-order valence-electron chi connectivity index (χ0n) is 14.2. The molecule has 1 aromatic carbocycles. The molecule has 4 nitrogen and oxygen atoms in total. The van der Waals surface area contributed by atoms with Gasteiger partial charge in [-0.2, -0.15) is 5.26 Å². The second kappa shape index (κ2) is 8.51. The van der Waals surface area contributed by atoms with Gasteiger partial charge in [0.2, 0.25) is 5.91 Å². The van der Waals surface area contributed by atoms with Gasteiger partial charge in [0.1, 0.15) is 11.1 Å². The number of carbonyl (C=O) groups is 1. The van der Waals surface area contributed by atoms with E-state index in [1.54, 1.807) is 6.07 Å². The summed E-state index contributed by atoms with van der Waals surface area (Å²) in [7, 11) is 0. The van der Waals surface area contributed by atoms with Crippen molar-refractivity contribution < 1.29 is 4.79 Å². The summed E-state index contributed by atoms with van der Waals surface area (Å²) in [6.07, 6.45) is 1.87. The van der Waals surface area contributed by atoms with Gasteiger partial charge in [0.05, 0.1) is 11.3 Å². The third-order valence-corrected chi connectivity index (χ3v) is 4.62. The Hall–Kier alpha value is -2.32. The number of para-hydroxylation sites is 1. The number of pyridine rings is 1. The summed E-state index contributed by atoms with van der Waals surface area (Å²) in [5.41, 5.74) is 4.40. The van der Waals surface area contributed by atoms with Crippen LogP contribution in [-0.4, -0.2) is 16.6 Å². The van der Waals surface area contributed by atoms with Crippen molar-refractivity contribution in [3.05, 3.63) is 52.7 Å². The first-order chi connectivity index (χ1) is 11.5. The van der Waals surface area contributed by atoms with Crippen LogP contribution >= 0.6 is 11.8 Å². The van der Waals surface area contributed by atoms with E-state index in [4.69, 9.17) is 0 Å². The molecule has 5 heteroatoms. The molecular weight excluding hydrogens is 318 g/mol. The Morgan fingerprint density at radius 3 is 2.58 bits per heavy atom. The number of amides is 1. The van der Waals surface area contributed by atoms with E-state index in [0.29, 0.717) is 10.6 Å². The summed E-state index contributed by atoms with van der Waals surface area (Å²) >= 11 is 1.31. The van der Waals surface area contributed by atoms with Crippen molar-refractivity contribution in [2.75, 3.05) is 11.1 Å². The molecule has 0 fully saturated rings. The van der Waals surface area contributed by atoms with Gasteiger partial charge in [-0.15, -0.1) is 0 Å². The van der Waals surface area contributed by atoms with Gasteiger partial charge in [-0.3, -0.25) is 4.79 Å². The van der Waals surface area contributed by atoms with Gasteiger partial charge < -0.3 is 5.32 Å². The Kier molecular flexibility index (Phi) is 6.39. The van der Waals surface area contributed by atoms with Gasteiger partial charge in [-0.05, 0) is 43.5 Å². The molecule has 24 heavy (non-hydrogen) atoms. The maximum absolute atomic E-state index is 12.3. The van der Waals surface area contributed by atoms with E-state index in [9.17, 15) is 10.1 Å². The molecule has 0 aliphatic heterocycles. The Morgan fingerprint density at radius 2 is 1.96 bits per heavy atom. The van der Waals surface area contributed by atoms with E-state index in [2.05, 4.69) is 23.3 Å². The molecule has 0 bridgehead atoms. The summed E-state index contributed by atoms with van der Waals surface area (Å²) in [5, 5.41) is 12.8. The number of aromatic nitrogens is 1. The van der Waals surface area contributed by atoms with Crippen LogP contribution in [-0.2, 0) is 11.2 Å². The largest absolute Gasteiger partial charge is 0.325 e. The Labute approximate surface area is 147 Å². The van der Waals surface area contributed by atoms with E-state index in [1.165, 1.54) is 11.8 Å². The number of anilines is 1. The molecule has 0 aliphatic rings. The molecule has 1 N–H and O–H groups in total. The number of aryl methyl sites for hydroxylation is 3. The number of hydrogen-bond acceptors (Lipinski definition) is 4. The summed E-state index contributed by atoms with van der Waals surface area (Å²) in [5.74, 6) is 0.134. The summed E-state index contributed by atoms with van der Waals surface area (Å²) in [6.45, 7) is 6.03. The minimum atomic E-state index is -0.0935. The van der Waals surface area contributed by atoms with Crippen LogP contribution in [0.5, 0.6) is 0 Å². The zero-order chi connectivity index (χ0) is 17.5. The van der Waals surface area contributed by atoms with E-state index in [0.717, 1.165) is 35.3 Å². The fourth-order valence-electron chi connectivity index (χ4n) is 2.39. The molecule has 2 rings (SSSR count). The van der Waals surface area contributed by atoms with Crippen molar-refractivity contribution in [3.8, 4) is 6.07 Å². The van der Waals surface area contributed by atoms with Crippen molar-refractivity contribution in [1.82, 2.24) is 4.98 Å². The highest BCUT2D eigenvalue weighted by molar-refractivity contribution is 8.00. The summed E-state index contributed by atoms with van der Waals surface area (Å²) in [6, 6.07) is 11.7. The molecule has 1 aromatic heterocycles. The van der Waals surface area contributed by atoms with E-state index >= 15 is 0 Å². The lowest BCUT2D eigenvalue weighted by Gasteiger charge is -2.11. The molecular formula is C19H21N3OS. The first-order valence-corrected chi connectivity index (χ1v) is 8.92. The number of nitrogens with zero attached hydrogens (tertiary/aromatic N) is 2. The maximum Gasteiger partial charge on any atom is 0.234 e. The van der Waals surface area contributed by atoms with Crippen LogP contribution in [0.25, 0.3) is 0 Å². The lowest BCUT2D eigenvalue weighted by Crippen LogP contribution is -2.16. The van der Waals surface area contributed by atoms with Gasteiger partial charge in [0.25, 0.3) is 0 Å². The number of rotatable bonds is 6. The van der Waals surface area contributed by atoms with E-state index in [-0.39, 0.29) is 11.7 Å². The van der Waals surface area contributed by atoms with Gasteiger partial charge in [0.15, 0.2) is 0 Å². The van der Waals surface area contributed by atoms with E-state index < -0.39 is 0 Å². The average Bonchev–Trinajstić information content (AvgIpc) is 2.57. The maximum atomic E-state index is 12.3. The number of carbonyl (C=O) groups excluding carboxylic acids is 1. The molecule has 0 aliphatic carbocycles. The monoisotopic (exact) mass is 339 g/mol. The molecule has 1 heterocycles. The Balaban J connectivity index is 2.06. The highest BCUT2D eigenvalue weighted by Gasteiger charge is 2.11. The smallest absolute Gasteiger partial charge is 0.234 e. The number of nitrogens with one attached hydrogen (secondary N) is 1. The molecule has 0 spiro atoms. The SMILES string of the molecule is CCCc1ccc(C#N)c(SCC(=O)Nc2c(C)cccc2C)n1. The third kappa shape index (κ3) is 4.59. The first kappa shape index (κ1) is 18.0. The normalized spacial score (nSPS) is 10.2. The van der Waals surface area contributed by atoms with Crippen LogP contribution in [0.15, 0.2) is 35.4 Å². The van der Waals surface area contributed by atoms with Gasteiger partial charge in [-0.1, -0.05) is 43.3 Å². The van der Waals surface area contributed by atoms with Gasteiger partial charge in [0, 0.05) is 11.4 Å². The van der Waals surface area contributed by atoms with Crippen LogP contribution in [0.2, 0.25) is 0 Å². The zero-order valence-corrected chi connectivity index (χ0v) is 15.0. The van der Waals surface area contributed by atoms with Gasteiger partial charge >= 0.3 is 0 Å². The van der Waals surface area contributed by atoms with E-state index in [1.807, 2.05) is 38.1 Å². The molecule has 0 unspecified atom stereocenters.